The zero-order valence-corrected chi connectivity index (χ0v) is 25.4. The van der Waals surface area contributed by atoms with Crippen LogP contribution in [-0.4, -0.2) is 77.1 Å². The Labute approximate surface area is 249 Å². The number of methoxy groups -OCH3 is 3. The number of carbonyl (C=O) groups is 1. The Balaban J connectivity index is 1.41. The van der Waals surface area contributed by atoms with Crippen molar-refractivity contribution < 1.29 is 28.5 Å². The highest BCUT2D eigenvalue weighted by atomic mass is 16.5. The summed E-state index contributed by atoms with van der Waals surface area (Å²) in [5.74, 6) is 2.12. The van der Waals surface area contributed by atoms with Crippen LogP contribution in [0.1, 0.15) is 36.2 Å². The van der Waals surface area contributed by atoms with E-state index in [-0.39, 0.29) is 24.0 Å². The summed E-state index contributed by atoms with van der Waals surface area (Å²) in [4.78, 5) is 15.7. The summed E-state index contributed by atoms with van der Waals surface area (Å²) in [5, 5.41) is 3.47. The van der Waals surface area contributed by atoms with E-state index in [1.165, 1.54) is 0 Å². The van der Waals surface area contributed by atoms with Crippen molar-refractivity contribution in [3.8, 4) is 28.4 Å². The molecule has 0 aromatic heterocycles. The maximum Gasteiger partial charge on any atom is 0.254 e. The summed E-state index contributed by atoms with van der Waals surface area (Å²) in [6, 6.07) is 21.8. The second-order valence-corrected chi connectivity index (χ2v) is 10.8. The Morgan fingerprint density at radius 3 is 2.43 bits per heavy atom. The maximum absolute atomic E-state index is 13.7. The van der Waals surface area contributed by atoms with E-state index < -0.39 is 0 Å². The van der Waals surface area contributed by atoms with Crippen molar-refractivity contribution in [3.63, 3.8) is 0 Å². The SMILES string of the molecule is COCCCOc1cc(C(=O)N(C[C@@H]2CNC[C@H]2OCc2cccc(-c3cccc(OC)c3)c2)C(C)C)ccc1OC. The Morgan fingerprint density at radius 2 is 1.69 bits per heavy atom. The molecule has 226 valence electrons. The predicted octanol–water partition coefficient (Wildman–Crippen LogP) is 5.44. The lowest BCUT2D eigenvalue weighted by Crippen LogP contribution is -2.43. The van der Waals surface area contributed by atoms with Gasteiger partial charge in [0.1, 0.15) is 5.75 Å². The number of benzene rings is 3. The molecule has 42 heavy (non-hydrogen) atoms. The van der Waals surface area contributed by atoms with Crippen LogP contribution in [0.5, 0.6) is 17.2 Å². The zero-order valence-electron chi connectivity index (χ0n) is 25.4. The lowest BCUT2D eigenvalue weighted by molar-refractivity contribution is 0.0129. The summed E-state index contributed by atoms with van der Waals surface area (Å²) >= 11 is 0. The van der Waals surface area contributed by atoms with Crippen molar-refractivity contribution in [2.45, 2.75) is 39.0 Å². The molecule has 0 bridgehead atoms. The van der Waals surface area contributed by atoms with E-state index >= 15 is 0 Å². The number of carbonyl (C=O) groups excluding carboxylic acids is 1. The summed E-state index contributed by atoms with van der Waals surface area (Å²) in [6.45, 7) is 7.81. The molecule has 0 radical (unpaired) electrons. The number of amides is 1. The molecule has 0 saturated carbocycles. The van der Waals surface area contributed by atoms with Gasteiger partial charge < -0.3 is 33.9 Å². The Hall–Kier alpha value is -3.59. The molecule has 0 unspecified atom stereocenters. The quantitative estimate of drug-likeness (QED) is 0.241. The molecular formula is C34H44N2O6. The molecule has 1 fully saturated rings. The van der Waals surface area contributed by atoms with Gasteiger partial charge in [-0.3, -0.25) is 4.79 Å². The standard InChI is InChI=1S/C34H44N2O6/c1-24(2)36(34(37)28-13-14-31(40-5)32(19-28)41-16-8-15-38-3)22-29-20-35-21-33(29)42-23-25-9-6-10-26(17-25)27-11-7-12-30(18-27)39-4/h6-7,9-14,17-19,24,29,33,35H,8,15-16,20-23H2,1-5H3/t29-,33+/m0/s1. The first kappa shape index (κ1) is 31.3. The normalized spacial score (nSPS) is 16.4. The number of hydrogen-bond acceptors (Lipinski definition) is 7. The van der Waals surface area contributed by atoms with E-state index in [0.29, 0.717) is 43.4 Å². The first-order chi connectivity index (χ1) is 20.4. The fourth-order valence-electron chi connectivity index (χ4n) is 5.19. The highest BCUT2D eigenvalue weighted by molar-refractivity contribution is 5.95. The zero-order chi connectivity index (χ0) is 29.9. The molecule has 1 saturated heterocycles. The van der Waals surface area contributed by atoms with Crippen molar-refractivity contribution in [3.05, 3.63) is 77.9 Å². The molecule has 8 heteroatoms. The van der Waals surface area contributed by atoms with Gasteiger partial charge in [-0.1, -0.05) is 30.3 Å². The average molecular weight is 577 g/mol. The van der Waals surface area contributed by atoms with Gasteiger partial charge in [0, 0.05) is 57.3 Å². The topological polar surface area (TPSA) is 78.5 Å². The van der Waals surface area contributed by atoms with Crippen molar-refractivity contribution in [1.82, 2.24) is 10.2 Å². The number of ether oxygens (including phenoxy) is 5. The van der Waals surface area contributed by atoms with Crippen LogP contribution in [0.2, 0.25) is 0 Å². The number of rotatable bonds is 15. The van der Waals surface area contributed by atoms with E-state index in [9.17, 15) is 4.79 Å². The summed E-state index contributed by atoms with van der Waals surface area (Å²) in [5.41, 5.74) is 3.90. The van der Waals surface area contributed by atoms with E-state index in [1.807, 2.05) is 36.9 Å². The third-order valence-electron chi connectivity index (χ3n) is 7.55. The van der Waals surface area contributed by atoms with Gasteiger partial charge >= 0.3 is 0 Å². The van der Waals surface area contributed by atoms with Gasteiger partial charge in [-0.25, -0.2) is 0 Å². The van der Waals surface area contributed by atoms with Gasteiger partial charge in [0.25, 0.3) is 5.91 Å². The molecule has 1 aliphatic rings. The first-order valence-electron chi connectivity index (χ1n) is 14.6. The molecule has 8 nitrogen and oxygen atoms in total. The molecule has 0 spiro atoms. The van der Waals surface area contributed by atoms with Gasteiger partial charge in [0.15, 0.2) is 11.5 Å². The highest BCUT2D eigenvalue weighted by Gasteiger charge is 2.32. The molecule has 1 heterocycles. The van der Waals surface area contributed by atoms with E-state index in [1.54, 1.807) is 39.5 Å². The van der Waals surface area contributed by atoms with Crippen molar-refractivity contribution >= 4 is 5.91 Å². The molecule has 3 aromatic carbocycles. The van der Waals surface area contributed by atoms with Crippen molar-refractivity contribution in [2.24, 2.45) is 5.92 Å². The molecule has 2 atom stereocenters. The molecular weight excluding hydrogens is 532 g/mol. The van der Waals surface area contributed by atoms with Gasteiger partial charge in [-0.15, -0.1) is 0 Å². The maximum atomic E-state index is 13.7. The van der Waals surface area contributed by atoms with Crippen LogP contribution in [-0.2, 0) is 16.1 Å². The highest BCUT2D eigenvalue weighted by Crippen LogP contribution is 2.30. The van der Waals surface area contributed by atoms with Crippen LogP contribution in [0.25, 0.3) is 11.1 Å². The van der Waals surface area contributed by atoms with E-state index in [0.717, 1.165) is 42.0 Å². The van der Waals surface area contributed by atoms with Crippen LogP contribution in [0, 0.1) is 5.92 Å². The van der Waals surface area contributed by atoms with E-state index in [2.05, 4.69) is 35.6 Å². The minimum absolute atomic E-state index is 0.00456. The van der Waals surface area contributed by atoms with Crippen LogP contribution >= 0.6 is 0 Å². The van der Waals surface area contributed by atoms with Crippen LogP contribution in [0.3, 0.4) is 0 Å². The smallest absolute Gasteiger partial charge is 0.254 e. The second kappa shape index (κ2) is 15.6. The minimum atomic E-state index is -0.0361. The van der Waals surface area contributed by atoms with Gasteiger partial charge in [0.05, 0.1) is 33.5 Å². The van der Waals surface area contributed by atoms with Gasteiger partial charge in [-0.05, 0) is 66.9 Å². The van der Waals surface area contributed by atoms with Crippen molar-refractivity contribution in [1.29, 1.82) is 0 Å². The molecule has 3 aromatic rings. The monoisotopic (exact) mass is 576 g/mol. The van der Waals surface area contributed by atoms with Gasteiger partial charge in [0.2, 0.25) is 0 Å². The van der Waals surface area contributed by atoms with Crippen LogP contribution in [0.15, 0.2) is 66.7 Å². The molecule has 4 rings (SSSR count). The summed E-state index contributed by atoms with van der Waals surface area (Å²) < 4.78 is 28.3. The second-order valence-electron chi connectivity index (χ2n) is 10.8. The fourth-order valence-corrected chi connectivity index (χ4v) is 5.19. The molecule has 0 aliphatic carbocycles. The first-order valence-corrected chi connectivity index (χ1v) is 14.6. The van der Waals surface area contributed by atoms with E-state index in [4.69, 9.17) is 23.7 Å². The Kier molecular flexibility index (Phi) is 11.6. The molecule has 1 amide bonds. The van der Waals surface area contributed by atoms with Gasteiger partial charge in [-0.2, -0.15) is 0 Å². The predicted molar refractivity (Wildman–Crippen MR) is 165 cm³/mol. The summed E-state index contributed by atoms with van der Waals surface area (Å²) in [6.07, 6.45) is 0.743. The summed E-state index contributed by atoms with van der Waals surface area (Å²) in [7, 11) is 4.94. The third-order valence-corrected chi connectivity index (χ3v) is 7.55. The number of nitrogens with zero attached hydrogens (tertiary/aromatic N) is 1. The van der Waals surface area contributed by atoms with Crippen LogP contribution < -0.4 is 19.5 Å². The fraction of sp³-hybridized carbons (Fsp3) is 0.441. The lowest BCUT2D eigenvalue weighted by Gasteiger charge is -2.31. The molecule has 1 aliphatic heterocycles. The largest absolute Gasteiger partial charge is 0.497 e. The Bertz CT molecular complexity index is 1300. The lowest BCUT2D eigenvalue weighted by atomic mass is 10.0. The Morgan fingerprint density at radius 1 is 0.905 bits per heavy atom. The number of nitrogens with one attached hydrogen (secondary N) is 1. The minimum Gasteiger partial charge on any atom is -0.497 e. The van der Waals surface area contributed by atoms with Crippen molar-refractivity contribution in [2.75, 3.05) is 54.2 Å². The van der Waals surface area contributed by atoms with Crippen LogP contribution in [0.4, 0.5) is 0 Å². The molecule has 1 N–H and O–H groups in total. The average Bonchev–Trinajstić information content (AvgIpc) is 3.47. The third kappa shape index (κ3) is 8.25. The number of hydrogen-bond donors (Lipinski definition) is 1.